The number of rotatable bonds is 5. The summed E-state index contributed by atoms with van der Waals surface area (Å²) in [7, 11) is 0. The first-order valence-electron chi connectivity index (χ1n) is 5.84. The van der Waals surface area contributed by atoms with Crippen molar-refractivity contribution in [2.24, 2.45) is 5.73 Å². The van der Waals surface area contributed by atoms with Crippen LogP contribution in [0.1, 0.15) is 37.2 Å². The first-order valence-corrected chi connectivity index (χ1v) is 5.84. The highest BCUT2D eigenvalue weighted by molar-refractivity contribution is 5.24. The van der Waals surface area contributed by atoms with Crippen LogP contribution in [0.2, 0.25) is 0 Å². The number of nitrogens with two attached hydrogens (primary N) is 1. The minimum Gasteiger partial charge on any atom is -0.394 e. The summed E-state index contributed by atoms with van der Waals surface area (Å²) in [5.74, 6) is 0. The molecular weight excluding hydrogens is 202 g/mol. The van der Waals surface area contributed by atoms with Gasteiger partial charge >= 0.3 is 0 Å². The Balaban J connectivity index is 2.75. The van der Waals surface area contributed by atoms with Crippen LogP contribution in [0.4, 0.5) is 0 Å². The SMILES string of the molecule is CCc1c(C)nn(CCC(C)(N)CO)c1C. The molecule has 1 rings (SSSR count). The zero-order chi connectivity index (χ0) is 12.3. The van der Waals surface area contributed by atoms with Crippen molar-refractivity contribution in [2.45, 2.75) is 52.6 Å². The molecule has 1 heterocycles. The minimum absolute atomic E-state index is 0.00688. The molecule has 92 valence electrons. The molecule has 16 heavy (non-hydrogen) atoms. The molecule has 1 unspecified atom stereocenters. The van der Waals surface area contributed by atoms with Crippen LogP contribution in [-0.4, -0.2) is 27.0 Å². The summed E-state index contributed by atoms with van der Waals surface area (Å²) < 4.78 is 1.99. The van der Waals surface area contributed by atoms with Crippen LogP contribution in [0.3, 0.4) is 0 Å². The third-order valence-corrected chi connectivity index (χ3v) is 3.14. The second-order valence-electron chi connectivity index (χ2n) is 4.79. The largest absolute Gasteiger partial charge is 0.394 e. The second-order valence-corrected chi connectivity index (χ2v) is 4.79. The molecule has 4 heteroatoms. The lowest BCUT2D eigenvalue weighted by Crippen LogP contribution is -2.41. The Labute approximate surface area is 97.5 Å². The van der Waals surface area contributed by atoms with Crippen molar-refractivity contribution in [2.75, 3.05) is 6.61 Å². The summed E-state index contributed by atoms with van der Waals surface area (Å²) in [5.41, 5.74) is 9.02. The van der Waals surface area contributed by atoms with E-state index in [0.717, 1.165) is 25.1 Å². The highest BCUT2D eigenvalue weighted by atomic mass is 16.3. The molecular formula is C12H23N3O. The molecule has 0 saturated carbocycles. The molecule has 0 saturated heterocycles. The lowest BCUT2D eigenvalue weighted by Gasteiger charge is -2.21. The van der Waals surface area contributed by atoms with Gasteiger partial charge in [-0.15, -0.1) is 0 Å². The zero-order valence-electron chi connectivity index (χ0n) is 10.7. The Kier molecular flexibility index (Phi) is 4.10. The normalized spacial score (nSPS) is 15.1. The molecule has 1 aromatic rings. The molecule has 0 aliphatic rings. The molecule has 0 aliphatic carbocycles. The van der Waals surface area contributed by atoms with Crippen molar-refractivity contribution in [3.63, 3.8) is 0 Å². The van der Waals surface area contributed by atoms with Crippen LogP contribution in [0.15, 0.2) is 0 Å². The molecule has 1 atom stereocenters. The number of nitrogens with zero attached hydrogens (tertiary/aromatic N) is 2. The molecule has 4 nitrogen and oxygen atoms in total. The average Bonchev–Trinajstić information content (AvgIpc) is 2.51. The van der Waals surface area contributed by atoms with Gasteiger partial charge in [-0.25, -0.2) is 0 Å². The van der Waals surface area contributed by atoms with Gasteiger partial charge in [0.15, 0.2) is 0 Å². The van der Waals surface area contributed by atoms with Crippen molar-refractivity contribution in [3.05, 3.63) is 17.0 Å². The number of aliphatic hydroxyl groups is 1. The van der Waals surface area contributed by atoms with Gasteiger partial charge < -0.3 is 10.8 Å². The molecule has 0 fully saturated rings. The summed E-state index contributed by atoms with van der Waals surface area (Å²) in [6.07, 6.45) is 1.74. The van der Waals surface area contributed by atoms with Gasteiger partial charge in [-0.3, -0.25) is 4.68 Å². The average molecular weight is 225 g/mol. The molecule has 0 aliphatic heterocycles. The quantitative estimate of drug-likeness (QED) is 0.790. The maximum atomic E-state index is 9.09. The molecule has 0 aromatic carbocycles. The van der Waals surface area contributed by atoms with E-state index in [9.17, 15) is 0 Å². The Morgan fingerprint density at radius 1 is 1.44 bits per heavy atom. The van der Waals surface area contributed by atoms with Crippen molar-refractivity contribution in [3.8, 4) is 0 Å². The number of hydrogen-bond donors (Lipinski definition) is 2. The van der Waals surface area contributed by atoms with E-state index in [1.807, 2.05) is 18.5 Å². The third-order valence-electron chi connectivity index (χ3n) is 3.14. The van der Waals surface area contributed by atoms with E-state index in [2.05, 4.69) is 18.9 Å². The summed E-state index contributed by atoms with van der Waals surface area (Å²) in [4.78, 5) is 0. The second kappa shape index (κ2) is 4.97. The van der Waals surface area contributed by atoms with Gasteiger partial charge in [0.2, 0.25) is 0 Å². The van der Waals surface area contributed by atoms with Crippen LogP contribution in [-0.2, 0) is 13.0 Å². The number of aliphatic hydroxyl groups excluding tert-OH is 1. The number of aromatic nitrogens is 2. The van der Waals surface area contributed by atoms with Gasteiger partial charge in [0.1, 0.15) is 0 Å². The van der Waals surface area contributed by atoms with E-state index in [0.29, 0.717) is 0 Å². The predicted octanol–water partition coefficient (Wildman–Crippen LogP) is 1.16. The zero-order valence-corrected chi connectivity index (χ0v) is 10.7. The number of aryl methyl sites for hydroxylation is 2. The van der Waals surface area contributed by atoms with E-state index in [4.69, 9.17) is 10.8 Å². The molecule has 0 radical (unpaired) electrons. The molecule has 0 bridgehead atoms. The first kappa shape index (κ1) is 13.2. The topological polar surface area (TPSA) is 64.1 Å². The lowest BCUT2D eigenvalue weighted by molar-refractivity contribution is 0.194. The number of hydrogen-bond acceptors (Lipinski definition) is 3. The van der Waals surface area contributed by atoms with Crippen LogP contribution in [0.5, 0.6) is 0 Å². The van der Waals surface area contributed by atoms with Crippen LogP contribution >= 0.6 is 0 Å². The van der Waals surface area contributed by atoms with Gasteiger partial charge in [0.05, 0.1) is 12.3 Å². The van der Waals surface area contributed by atoms with Gasteiger partial charge in [-0.2, -0.15) is 5.10 Å². The Bertz CT molecular complexity index is 355. The molecule has 3 N–H and O–H groups in total. The van der Waals surface area contributed by atoms with Crippen molar-refractivity contribution < 1.29 is 5.11 Å². The summed E-state index contributed by atoms with van der Waals surface area (Å²) in [6.45, 7) is 8.90. The highest BCUT2D eigenvalue weighted by Crippen LogP contribution is 2.15. The molecule has 0 amide bonds. The van der Waals surface area contributed by atoms with Gasteiger partial charge in [0.25, 0.3) is 0 Å². The summed E-state index contributed by atoms with van der Waals surface area (Å²) >= 11 is 0. The fourth-order valence-corrected chi connectivity index (χ4v) is 1.90. The van der Waals surface area contributed by atoms with E-state index >= 15 is 0 Å². The van der Waals surface area contributed by atoms with Crippen molar-refractivity contribution >= 4 is 0 Å². The van der Waals surface area contributed by atoms with Gasteiger partial charge in [-0.1, -0.05) is 6.92 Å². The lowest BCUT2D eigenvalue weighted by atomic mass is 10.0. The smallest absolute Gasteiger partial charge is 0.0628 e. The Morgan fingerprint density at radius 3 is 2.50 bits per heavy atom. The summed E-state index contributed by atoms with van der Waals surface area (Å²) in [6, 6.07) is 0. The Morgan fingerprint density at radius 2 is 2.06 bits per heavy atom. The molecule has 0 spiro atoms. The van der Waals surface area contributed by atoms with Crippen molar-refractivity contribution in [1.29, 1.82) is 0 Å². The monoisotopic (exact) mass is 225 g/mol. The predicted molar refractivity (Wildman–Crippen MR) is 65.4 cm³/mol. The first-order chi connectivity index (χ1) is 7.41. The maximum absolute atomic E-state index is 9.09. The van der Waals surface area contributed by atoms with Gasteiger partial charge in [0, 0.05) is 17.8 Å². The third kappa shape index (κ3) is 2.83. The van der Waals surface area contributed by atoms with Crippen LogP contribution in [0.25, 0.3) is 0 Å². The fourth-order valence-electron chi connectivity index (χ4n) is 1.90. The Hall–Kier alpha value is -0.870. The van der Waals surface area contributed by atoms with Crippen LogP contribution < -0.4 is 5.73 Å². The van der Waals surface area contributed by atoms with E-state index in [-0.39, 0.29) is 6.61 Å². The minimum atomic E-state index is -0.515. The van der Waals surface area contributed by atoms with E-state index in [1.165, 1.54) is 11.3 Å². The summed E-state index contributed by atoms with van der Waals surface area (Å²) in [5, 5.41) is 13.6. The van der Waals surface area contributed by atoms with E-state index in [1.54, 1.807) is 0 Å². The standard InChI is InChI=1S/C12H23N3O/c1-5-11-9(2)14-15(10(11)3)7-6-12(4,13)8-16/h16H,5-8,13H2,1-4H3. The van der Waals surface area contributed by atoms with Gasteiger partial charge in [-0.05, 0) is 39.2 Å². The fraction of sp³-hybridized carbons (Fsp3) is 0.750. The highest BCUT2D eigenvalue weighted by Gasteiger charge is 2.18. The maximum Gasteiger partial charge on any atom is 0.0628 e. The van der Waals surface area contributed by atoms with Crippen molar-refractivity contribution in [1.82, 2.24) is 9.78 Å². The molecule has 1 aromatic heterocycles. The van der Waals surface area contributed by atoms with E-state index < -0.39 is 5.54 Å². The van der Waals surface area contributed by atoms with Crippen LogP contribution in [0, 0.1) is 13.8 Å².